The Hall–Kier alpha value is -1.52. The summed E-state index contributed by atoms with van der Waals surface area (Å²) in [5, 5.41) is 7.76. The molecule has 1 N–H and O–H groups in total. The van der Waals surface area contributed by atoms with Gasteiger partial charge in [-0.15, -0.1) is 0 Å². The van der Waals surface area contributed by atoms with Crippen LogP contribution < -0.4 is 5.32 Å². The Kier molecular flexibility index (Phi) is 5.01. The fourth-order valence-corrected chi connectivity index (χ4v) is 4.00. The summed E-state index contributed by atoms with van der Waals surface area (Å²) in [6.45, 7) is 3.38. The molecule has 0 spiro atoms. The Labute approximate surface area is 133 Å². The van der Waals surface area contributed by atoms with Gasteiger partial charge < -0.3 is 10.2 Å². The van der Waals surface area contributed by atoms with Crippen molar-refractivity contribution in [1.82, 2.24) is 20.0 Å². The Balaban J connectivity index is 1.42. The molecule has 0 amide bonds. The maximum absolute atomic E-state index is 4.49. The minimum Gasteiger partial charge on any atom is -0.356 e. The van der Waals surface area contributed by atoms with Crippen molar-refractivity contribution in [3.63, 3.8) is 0 Å². The predicted molar refractivity (Wildman–Crippen MR) is 89.9 cm³/mol. The lowest BCUT2D eigenvalue weighted by Crippen LogP contribution is -2.40. The number of likely N-dealkylation sites (tertiary alicyclic amines) is 1. The zero-order valence-corrected chi connectivity index (χ0v) is 14.0. The average molecular weight is 303 g/mol. The number of rotatable bonds is 4. The summed E-state index contributed by atoms with van der Waals surface area (Å²) in [6.07, 6.45) is 11.9. The number of aromatic nitrogens is 2. The highest BCUT2D eigenvalue weighted by molar-refractivity contribution is 5.80. The number of nitrogens with one attached hydrogen (secondary N) is 1. The molecule has 22 heavy (non-hydrogen) atoms. The van der Waals surface area contributed by atoms with Crippen LogP contribution in [0.4, 0.5) is 0 Å². The summed E-state index contributed by atoms with van der Waals surface area (Å²) >= 11 is 0. The third-order valence-electron chi connectivity index (χ3n) is 5.17. The second-order valence-electron chi connectivity index (χ2n) is 6.81. The Morgan fingerprint density at radius 1 is 1.32 bits per heavy atom. The van der Waals surface area contributed by atoms with Crippen molar-refractivity contribution in [2.45, 2.75) is 38.5 Å². The molecule has 1 saturated heterocycles. The third kappa shape index (κ3) is 3.62. The number of hydrogen-bond acceptors (Lipinski definition) is 2. The molecule has 5 nitrogen and oxygen atoms in total. The lowest BCUT2D eigenvalue weighted by atomic mass is 9.82. The number of nitrogens with zero attached hydrogens (tertiary/aromatic N) is 4. The Morgan fingerprint density at radius 3 is 2.64 bits per heavy atom. The molecule has 0 radical (unpaired) electrons. The predicted octanol–water partition coefficient (Wildman–Crippen LogP) is 2.05. The molecule has 2 aliphatic rings. The molecule has 2 fully saturated rings. The largest absolute Gasteiger partial charge is 0.356 e. The first-order valence-corrected chi connectivity index (χ1v) is 8.69. The van der Waals surface area contributed by atoms with Crippen LogP contribution in [0.2, 0.25) is 0 Å². The third-order valence-corrected chi connectivity index (χ3v) is 5.17. The van der Waals surface area contributed by atoms with Crippen LogP contribution in [0.5, 0.6) is 0 Å². The van der Waals surface area contributed by atoms with Crippen LogP contribution in [0.25, 0.3) is 0 Å². The van der Waals surface area contributed by atoms with E-state index in [0.717, 1.165) is 37.2 Å². The van der Waals surface area contributed by atoms with Crippen LogP contribution in [-0.4, -0.2) is 47.3 Å². The van der Waals surface area contributed by atoms with E-state index in [9.17, 15) is 0 Å². The summed E-state index contributed by atoms with van der Waals surface area (Å²) in [5.74, 6) is 2.91. The van der Waals surface area contributed by atoms with Crippen LogP contribution in [0.15, 0.2) is 17.4 Å². The topological polar surface area (TPSA) is 45.5 Å². The summed E-state index contributed by atoms with van der Waals surface area (Å²) in [5.41, 5.74) is 1.31. The van der Waals surface area contributed by atoms with Gasteiger partial charge in [-0.05, 0) is 43.1 Å². The minimum atomic E-state index is 0.905. The summed E-state index contributed by atoms with van der Waals surface area (Å²) in [4.78, 5) is 6.97. The molecular weight excluding hydrogens is 274 g/mol. The quantitative estimate of drug-likeness (QED) is 0.526. The number of hydrogen-bond donors (Lipinski definition) is 1. The van der Waals surface area contributed by atoms with Crippen LogP contribution in [0, 0.1) is 11.8 Å². The molecule has 1 aromatic heterocycles. The molecule has 0 aromatic carbocycles. The zero-order chi connectivity index (χ0) is 15.4. The van der Waals surface area contributed by atoms with Crippen LogP contribution in [0.3, 0.4) is 0 Å². The molecule has 1 saturated carbocycles. The normalized spacial score (nSPS) is 25.4. The first kappa shape index (κ1) is 15.4. The van der Waals surface area contributed by atoms with Gasteiger partial charge in [0.25, 0.3) is 0 Å². The molecule has 5 heteroatoms. The molecule has 122 valence electrons. The van der Waals surface area contributed by atoms with Crippen LogP contribution >= 0.6 is 0 Å². The van der Waals surface area contributed by atoms with Gasteiger partial charge in [-0.25, -0.2) is 0 Å². The van der Waals surface area contributed by atoms with Gasteiger partial charge in [-0.3, -0.25) is 9.67 Å². The second kappa shape index (κ2) is 7.16. The number of guanidine groups is 1. The van der Waals surface area contributed by atoms with Crippen molar-refractivity contribution >= 4 is 5.96 Å². The first-order valence-electron chi connectivity index (χ1n) is 8.69. The molecule has 3 rings (SSSR count). The van der Waals surface area contributed by atoms with Gasteiger partial charge in [0, 0.05) is 39.9 Å². The summed E-state index contributed by atoms with van der Waals surface area (Å²) in [6, 6.07) is 0. The van der Waals surface area contributed by atoms with Crippen molar-refractivity contribution in [1.29, 1.82) is 0 Å². The van der Waals surface area contributed by atoms with E-state index in [1.54, 1.807) is 0 Å². The second-order valence-corrected chi connectivity index (χ2v) is 6.81. The van der Waals surface area contributed by atoms with E-state index in [1.165, 1.54) is 44.3 Å². The number of aliphatic imine (C=N–C) groups is 1. The van der Waals surface area contributed by atoms with Crippen molar-refractivity contribution in [2.24, 2.45) is 23.9 Å². The van der Waals surface area contributed by atoms with E-state index < -0.39 is 0 Å². The summed E-state index contributed by atoms with van der Waals surface area (Å²) in [7, 11) is 3.88. The van der Waals surface area contributed by atoms with E-state index in [2.05, 4.69) is 26.5 Å². The standard InChI is InChI=1S/C17H29N5/c1-18-17(19-9-5-6-14-10-20-21(2)11-14)22-12-15-7-3-4-8-16(15)13-22/h10-11,15-16H,3-9,12-13H2,1-2H3,(H,18,19). The van der Waals surface area contributed by atoms with Crippen LogP contribution in [0.1, 0.15) is 37.7 Å². The van der Waals surface area contributed by atoms with E-state index in [1.807, 2.05) is 25.0 Å². The van der Waals surface area contributed by atoms with Crippen molar-refractivity contribution in [3.05, 3.63) is 18.0 Å². The number of fused-ring (bicyclic) bond motifs is 1. The van der Waals surface area contributed by atoms with E-state index in [4.69, 9.17) is 0 Å². The van der Waals surface area contributed by atoms with Crippen molar-refractivity contribution in [2.75, 3.05) is 26.7 Å². The average Bonchev–Trinajstić information content (AvgIpc) is 3.13. The van der Waals surface area contributed by atoms with Crippen molar-refractivity contribution < 1.29 is 0 Å². The lowest BCUT2D eigenvalue weighted by molar-refractivity contribution is 0.299. The van der Waals surface area contributed by atoms with Gasteiger partial charge in [0.2, 0.25) is 0 Å². The van der Waals surface area contributed by atoms with Gasteiger partial charge in [-0.2, -0.15) is 5.10 Å². The molecule has 2 unspecified atom stereocenters. The lowest BCUT2D eigenvalue weighted by Gasteiger charge is -2.22. The van der Waals surface area contributed by atoms with E-state index in [-0.39, 0.29) is 0 Å². The van der Waals surface area contributed by atoms with Gasteiger partial charge >= 0.3 is 0 Å². The minimum absolute atomic E-state index is 0.905. The maximum atomic E-state index is 4.49. The molecule has 1 aliphatic heterocycles. The number of aryl methyl sites for hydroxylation is 2. The molecule has 2 atom stereocenters. The van der Waals surface area contributed by atoms with Crippen LogP contribution in [-0.2, 0) is 13.5 Å². The van der Waals surface area contributed by atoms with Gasteiger partial charge in [0.05, 0.1) is 6.20 Å². The van der Waals surface area contributed by atoms with Gasteiger partial charge in [-0.1, -0.05) is 12.8 Å². The highest BCUT2D eigenvalue weighted by atomic mass is 15.3. The van der Waals surface area contributed by atoms with E-state index in [0.29, 0.717) is 0 Å². The molecule has 1 aromatic rings. The monoisotopic (exact) mass is 303 g/mol. The fourth-order valence-electron chi connectivity index (χ4n) is 4.00. The Bertz CT molecular complexity index is 493. The highest BCUT2D eigenvalue weighted by Gasteiger charge is 2.35. The summed E-state index contributed by atoms with van der Waals surface area (Å²) < 4.78 is 1.87. The van der Waals surface area contributed by atoms with Gasteiger partial charge in [0.1, 0.15) is 0 Å². The fraction of sp³-hybridized carbons (Fsp3) is 0.765. The smallest absolute Gasteiger partial charge is 0.193 e. The van der Waals surface area contributed by atoms with Crippen molar-refractivity contribution in [3.8, 4) is 0 Å². The molecule has 2 heterocycles. The first-order chi connectivity index (χ1) is 10.8. The van der Waals surface area contributed by atoms with Gasteiger partial charge in [0.15, 0.2) is 5.96 Å². The van der Waals surface area contributed by atoms with E-state index >= 15 is 0 Å². The SMILES string of the molecule is CN=C(NCCCc1cnn(C)c1)N1CC2CCCCC2C1. The highest BCUT2D eigenvalue weighted by Crippen LogP contribution is 2.35. The zero-order valence-electron chi connectivity index (χ0n) is 14.0. The molecule has 1 aliphatic carbocycles. The Morgan fingerprint density at radius 2 is 2.05 bits per heavy atom. The molecular formula is C17H29N5. The maximum Gasteiger partial charge on any atom is 0.193 e. The molecule has 0 bridgehead atoms.